The second-order valence-corrected chi connectivity index (χ2v) is 12.5. The van der Waals surface area contributed by atoms with Crippen molar-refractivity contribution in [2.24, 2.45) is 29.4 Å². The first-order chi connectivity index (χ1) is 21.5. The molecule has 2 heterocycles. The van der Waals surface area contributed by atoms with Gasteiger partial charge in [0.25, 0.3) is 11.8 Å². The number of benzene rings is 3. The third-order valence-corrected chi connectivity index (χ3v) is 10.2. The second kappa shape index (κ2) is 10.2. The normalized spacial score (nSPS) is 28.8. The minimum atomic E-state index is -1.41. The lowest BCUT2D eigenvalue weighted by atomic mass is 9.49. The van der Waals surface area contributed by atoms with Gasteiger partial charge in [-0.1, -0.05) is 71.8 Å². The highest BCUT2D eigenvalue weighted by molar-refractivity contribution is 6.17. The number of hydrazine groups is 1. The first-order valence-electron chi connectivity index (χ1n) is 15.0. The molecule has 2 saturated heterocycles. The zero-order valence-corrected chi connectivity index (χ0v) is 24.8. The van der Waals surface area contributed by atoms with Gasteiger partial charge in [-0.3, -0.25) is 24.6 Å². The fourth-order valence-electron chi connectivity index (χ4n) is 8.20. The van der Waals surface area contributed by atoms with Gasteiger partial charge in [-0.25, -0.2) is 4.79 Å². The second-order valence-electron chi connectivity index (χ2n) is 12.5. The Morgan fingerprint density at radius 2 is 1.62 bits per heavy atom. The van der Waals surface area contributed by atoms with Crippen LogP contribution in [-0.2, 0) is 24.6 Å². The molecule has 228 valence electrons. The van der Waals surface area contributed by atoms with Crippen molar-refractivity contribution < 1.29 is 29.1 Å². The number of likely N-dealkylation sites (tertiary alicyclic amines) is 1. The third-order valence-electron chi connectivity index (χ3n) is 10.2. The number of phenols is 1. The van der Waals surface area contributed by atoms with E-state index in [2.05, 4.69) is 5.43 Å². The number of carbonyl (C=O) groups is 5. The van der Waals surface area contributed by atoms with Crippen LogP contribution in [0.4, 0.5) is 10.5 Å². The molecule has 0 aromatic heterocycles. The van der Waals surface area contributed by atoms with Gasteiger partial charge >= 0.3 is 6.03 Å². The molecule has 0 spiro atoms. The van der Waals surface area contributed by atoms with E-state index in [4.69, 9.17) is 5.73 Å². The Morgan fingerprint density at radius 3 is 2.29 bits per heavy atom. The number of rotatable bonds is 4. The molecule has 3 aromatic carbocycles. The smallest absolute Gasteiger partial charge is 0.328 e. The maximum Gasteiger partial charge on any atom is 0.328 e. The quantitative estimate of drug-likeness (QED) is 0.300. The van der Waals surface area contributed by atoms with Gasteiger partial charge in [-0.05, 0) is 67.5 Å². The molecule has 4 N–H and O–H groups in total. The fourth-order valence-corrected chi connectivity index (χ4v) is 8.20. The summed E-state index contributed by atoms with van der Waals surface area (Å²) in [5, 5.41) is 11.5. The molecule has 0 bridgehead atoms. The van der Waals surface area contributed by atoms with E-state index in [9.17, 15) is 24.3 Å². The summed E-state index contributed by atoms with van der Waals surface area (Å²) in [7, 11) is 0. The van der Waals surface area contributed by atoms with Crippen molar-refractivity contribution in [3.63, 3.8) is 0 Å². The first-order valence-corrected chi connectivity index (χ1v) is 15.0. The summed E-state index contributed by atoms with van der Waals surface area (Å²) >= 11 is 0. The van der Waals surface area contributed by atoms with Gasteiger partial charge in [0.15, 0.2) is 0 Å². The maximum atomic E-state index is 15.0. The summed E-state index contributed by atoms with van der Waals surface area (Å²) in [6, 6.07) is 20.5. The van der Waals surface area contributed by atoms with E-state index in [0.29, 0.717) is 27.3 Å². The summed E-state index contributed by atoms with van der Waals surface area (Å²) in [4.78, 5) is 69.1. The molecule has 3 aromatic rings. The minimum absolute atomic E-state index is 0.0827. The monoisotopic (exact) mass is 604 g/mol. The van der Waals surface area contributed by atoms with E-state index < -0.39 is 64.7 Å². The molecule has 6 amide bonds. The van der Waals surface area contributed by atoms with Gasteiger partial charge in [0.2, 0.25) is 11.8 Å². The van der Waals surface area contributed by atoms with Crippen LogP contribution in [0.2, 0.25) is 0 Å². The number of amides is 6. The Balaban J connectivity index is 1.46. The minimum Gasteiger partial charge on any atom is -0.508 e. The predicted molar refractivity (Wildman–Crippen MR) is 163 cm³/mol. The van der Waals surface area contributed by atoms with Gasteiger partial charge in [-0.15, -0.1) is 0 Å². The van der Waals surface area contributed by atoms with Gasteiger partial charge in [-0.2, -0.15) is 9.91 Å². The van der Waals surface area contributed by atoms with Crippen molar-refractivity contribution in [3.8, 4) is 5.75 Å². The third kappa shape index (κ3) is 3.97. The lowest BCUT2D eigenvalue weighted by Gasteiger charge is -2.50. The number of fused-ring (bicyclic) bond motifs is 4. The number of nitrogens with zero attached hydrogens (tertiary/aromatic N) is 2. The Morgan fingerprint density at radius 1 is 0.911 bits per heavy atom. The van der Waals surface area contributed by atoms with Crippen LogP contribution >= 0.6 is 0 Å². The summed E-state index contributed by atoms with van der Waals surface area (Å²) in [6.45, 7) is 3.70. The number of aryl methyl sites for hydroxylation is 2. The topological polar surface area (TPSA) is 150 Å². The van der Waals surface area contributed by atoms with Crippen LogP contribution < -0.4 is 11.2 Å². The number of anilines is 1. The van der Waals surface area contributed by atoms with E-state index in [-0.39, 0.29) is 18.6 Å². The molecule has 7 rings (SSSR count). The zero-order valence-electron chi connectivity index (χ0n) is 24.8. The molecule has 10 heteroatoms. The maximum absolute atomic E-state index is 15.0. The lowest BCUT2D eigenvalue weighted by molar-refractivity contribution is -0.139. The van der Waals surface area contributed by atoms with Crippen molar-refractivity contribution in [1.82, 2.24) is 9.91 Å². The van der Waals surface area contributed by atoms with Crippen molar-refractivity contribution in [1.29, 1.82) is 0 Å². The van der Waals surface area contributed by atoms with Crippen LogP contribution in [0.25, 0.3) is 0 Å². The number of nitrogens with one attached hydrogen (secondary N) is 1. The molecule has 3 fully saturated rings. The van der Waals surface area contributed by atoms with Crippen LogP contribution in [0.5, 0.6) is 5.75 Å². The molecule has 6 atom stereocenters. The number of primary amides is 1. The van der Waals surface area contributed by atoms with Crippen LogP contribution in [0, 0.1) is 37.5 Å². The number of hydrogen-bond donors (Lipinski definition) is 3. The molecule has 0 radical (unpaired) electrons. The summed E-state index contributed by atoms with van der Waals surface area (Å²) in [5.74, 6) is -6.06. The Bertz CT molecular complexity index is 1820. The molecule has 1 saturated carbocycles. The van der Waals surface area contributed by atoms with Gasteiger partial charge < -0.3 is 10.8 Å². The average molecular weight is 605 g/mol. The Kier molecular flexibility index (Phi) is 6.43. The van der Waals surface area contributed by atoms with Crippen molar-refractivity contribution in [2.45, 2.75) is 38.0 Å². The lowest BCUT2D eigenvalue weighted by Crippen LogP contribution is -2.53. The van der Waals surface area contributed by atoms with Gasteiger partial charge in [0.1, 0.15) is 5.75 Å². The van der Waals surface area contributed by atoms with Gasteiger partial charge in [0.05, 0.1) is 28.9 Å². The first kappa shape index (κ1) is 28.5. The molecule has 45 heavy (non-hydrogen) atoms. The number of phenolic OH excluding ortho intramolecular Hbond substituents is 1. The number of urea groups is 1. The van der Waals surface area contributed by atoms with Crippen LogP contribution in [-0.4, -0.2) is 44.7 Å². The van der Waals surface area contributed by atoms with E-state index in [0.717, 1.165) is 16.1 Å². The largest absolute Gasteiger partial charge is 0.508 e. The number of hydrogen-bond acceptors (Lipinski definition) is 7. The number of aromatic hydroxyl groups is 1. The van der Waals surface area contributed by atoms with Crippen molar-refractivity contribution in [3.05, 3.63) is 107 Å². The SMILES string of the molecule is Cc1ccc(NN2C(=O)C3CC4C(=CCC5C(=O)N(C(N)=O)C(=O)C54)C(c4ccc(O)c(C)c4)C3(c3ccccc3)C2=O)cc1. The highest BCUT2D eigenvalue weighted by Crippen LogP contribution is 2.64. The zero-order chi connectivity index (χ0) is 31.8. The molecular formula is C35H32N4O6. The Hall–Kier alpha value is -5.25. The number of nitrogens with two attached hydrogens (primary N) is 1. The number of allylic oxidation sites excluding steroid dienone is 2. The molecule has 2 aliphatic heterocycles. The fraction of sp³-hybridized carbons (Fsp3) is 0.286. The number of imide groups is 4. The van der Waals surface area contributed by atoms with E-state index in [1.807, 2.05) is 61.5 Å². The van der Waals surface area contributed by atoms with E-state index in [1.54, 1.807) is 31.2 Å². The summed E-state index contributed by atoms with van der Waals surface area (Å²) < 4.78 is 0. The molecular weight excluding hydrogens is 572 g/mol. The van der Waals surface area contributed by atoms with Crippen LogP contribution in [0.15, 0.2) is 84.4 Å². The molecule has 10 nitrogen and oxygen atoms in total. The summed E-state index contributed by atoms with van der Waals surface area (Å²) in [6.07, 6.45) is 2.20. The molecule has 4 aliphatic rings. The Labute approximate surface area is 259 Å². The molecule has 2 aliphatic carbocycles. The summed E-state index contributed by atoms with van der Waals surface area (Å²) in [5.41, 5.74) is 11.4. The van der Waals surface area contributed by atoms with Crippen molar-refractivity contribution >= 4 is 35.3 Å². The standard InChI is InChI=1S/C35H32N4O6/c1-18-8-11-22(12-9-18)37-39-31(42)26-17-25-23(13-14-24-28(25)32(43)38(30(24)41)34(36)45)29(20-10-15-27(40)19(2)16-20)35(26,33(39)44)21-6-4-3-5-7-21/h3-13,15-16,24-26,28-29,37,40H,14,17H2,1-2H3,(H2,36,45). The van der Waals surface area contributed by atoms with Crippen molar-refractivity contribution in [2.75, 3.05) is 5.43 Å². The van der Waals surface area contributed by atoms with E-state index >= 15 is 4.79 Å². The van der Waals surface area contributed by atoms with Crippen LogP contribution in [0.1, 0.15) is 41.0 Å². The van der Waals surface area contributed by atoms with Crippen LogP contribution in [0.3, 0.4) is 0 Å². The highest BCUT2D eigenvalue weighted by Gasteiger charge is 2.70. The highest BCUT2D eigenvalue weighted by atomic mass is 16.3. The number of carbonyl (C=O) groups excluding carboxylic acids is 5. The molecule has 6 unspecified atom stereocenters. The van der Waals surface area contributed by atoms with Gasteiger partial charge in [0, 0.05) is 5.92 Å². The predicted octanol–water partition coefficient (Wildman–Crippen LogP) is 4.07. The average Bonchev–Trinajstić information content (AvgIpc) is 3.41. The van der Waals surface area contributed by atoms with E-state index in [1.165, 1.54) is 0 Å².